The van der Waals surface area contributed by atoms with Crippen LogP contribution in [0.3, 0.4) is 0 Å². The third-order valence-corrected chi connectivity index (χ3v) is 2.58. The maximum atomic E-state index is 13.5. The van der Waals surface area contributed by atoms with Crippen molar-refractivity contribution < 1.29 is 14.0 Å². The molecule has 2 amide bonds. The van der Waals surface area contributed by atoms with E-state index in [-0.39, 0.29) is 22.5 Å². The zero-order valence-corrected chi connectivity index (χ0v) is 11.7. The van der Waals surface area contributed by atoms with Crippen LogP contribution in [0.5, 0.6) is 0 Å². The molecule has 6 heteroatoms. The van der Waals surface area contributed by atoms with E-state index in [1.54, 1.807) is 0 Å². The highest BCUT2D eigenvalue weighted by Gasteiger charge is 2.19. The zero-order valence-electron chi connectivity index (χ0n) is 11.0. The van der Waals surface area contributed by atoms with Gasteiger partial charge in [0.2, 0.25) is 5.91 Å². The van der Waals surface area contributed by atoms with Crippen LogP contribution in [-0.4, -0.2) is 23.9 Å². The summed E-state index contributed by atoms with van der Waals surface area (Å²) in [5.74, 6) is -1.68. The molecule has 0 aliphatic carbocycles. The van der Waals surface area contributed by atoms with E-state index in [0.717, 1.165) is 6.07 Å². The highest BCUT2D eigenvalue weighted by molar-refractivity contribution is 6.31. The number of amides is 2. The van der Waals surface area contributed by atoms with Gasteiger partial charge < -0.3 is 10.6 Å². The summed E-state index contributed by atoms with van der Waals surface area (Å²) in [5, 5.41) is 5.33. The first kappa shape index (κ1) is 15.4. The molecular weight excluding hydrogens is 271 g/mol. The normalized spacial score (nSPS) is 12.1. The molecule has 1 aromatic rings. The third kappa shape index (κ3) is 4.52. The van der Waals surface area contributed by atoms with Gasteiger partial charge in [-0.2, -0.15) is 0 Å². The molecule has 104 valence electrons. The van der Waals surface area contributed by atoms with Crippen molar-refractivity contribution in [2.24, 2.45) is 0 Å². The summed E-state index contributed by atoms with van der Waals surface area (Å²) >= 11 is 5.70. The van der Waals surface area contributed by atoms with Crippen LogP contribution in [0, 0.1) is 5.82 Å². The average molecular weight is 287 g/mol. The quantitative estimate of drug-likeness (QED) is 0.891. The van der Waals surface area contributed by atoms with Gasteiger partial charge in [-0.1, -0.05) is 11.6 Å². The smallest absolute Gasteiger partial charge is 0.254 e. The lowest BCUT2D eigenvalue weighted by molar-refractivity contribution is -0.123. The van der Waals surface area contributed by atoms with Gasteiger partial charge >= 0.3 is 0 Å². The molecule has 1 unspecified atom stereocenters. The topological polar surface area (TPSA) is 58.2 Å². The molecule has 1 atom stereocenters. The number of carbonyl (C=O) groups is 2. The predicted octanol–water partition coefficient (Wildman–Crippen LogP) is 2.12. The van der Waals surface area contributed by atoms with E-state index in [9.17, 15) is 14.0 Å². The molecule has 0 saturated carbocycles. The summed E-state index contributed by atoms with van der Waals surface area (Å²) in [6.45, 7) is 5.14. The van der Waals surface area contributed by atoms with Gasteiger partial charge in [-0.25, -0.2) is 4.39 Å². The van der Waals surface area contributed by atoms with Gasteiger partial charge in [0, 0.05) is 11.1 Å². The molecule has 0 aliphatic rings. The maximum Gasteiger partial charge on any atom is 0.254 e. The second-order valence-corrected chi connectivity index (χ2v) is 4.92. The SMILES string of the molecule is CC(C)NC(=O)C(C)NC(=O)c1cc(Cl)ccc1F. The van der Waals surface area contributed by atoms with Gasteiger partial charge in [0.05, 0.1) is 5.56 Å². The second-order valence-electron chi connectivity index (χ2n) is 4.48. The van der Waals surface area contributed by atoms with Crippen molar-refractivity contribution in [2.45, 2.75) is 32.9 Å². The Hall–Kier alpha value is -1.62. The summed E-state index contributed by atoms with van der Waals surface area (Å²) < 4.78 is 13.5. The van der Waals surface area contributed by atoms with E-state index in [4.69, 9.17) is 11.6 Å². The van der Waals surface area contributed by atoms with Crippen LogP contribution in [0.1, 0.15) is 31.1 Å². The van der Waals surface area contributed by atoms with Gasteiger partial charge in [0.15, 0.2) is 0 Å². The Morgan fingerprint density at radius 1 is 1.21 bits per heavy atom. The number of hydrogen-bond donors (Lipinski definition) is 2. The van der Waals surface area contributed by atoms with Gasteiger partial charge in [0.25, 0.3) is 5.91 Å². The van der Waals surface area contributed by atoms with Crippen molar-refractivity contribution >= 4 is 23.4 Å². The predicted molar refractivity (Wildman–Crippen MR) is 71.6 cm³/mol. The van der Waals surface area contributed by atoms with Crippen molar-refractivity contribution in [3.63, 3.8) is 0 Å². The van der Waals surface area contributed by atoms with Crippen molar-refractivity contribution in [3.8, 4) is 0 Å². The lowest BCUT2D eigenvalue weighted by atomic mass is 10.2. The van der Waals surface area contributed by atoms with Crippen molar-refractivity contribution in [1.82, 2.24) is 10.6 Å². The molecule has 0 saturated heterocycles. The van der Waals surface area contributed by atoms with Gasteiger partial charge in [-0.05, 0) is 39.0 Å². The molecule has 1 rings (SSSR count). The minimum absolute atomic E-state index is 0.0326. The second kappa shape index (κ2) is 6.52. The molecule has 4 nitrogen and oxygen atoms in total. The standard InChI is InChI=1S/C13H16ClFN2O2/c1-7(2)16-12(18)8(3)17-13(19)10-6-9(14)4-5-11(10)15/h4-8H,1-3H3,(H,16,18)(H,17,19). The first-order chi connectivity index (χ1) is 8.81. The fourth-order valence-electron chi connectivity index (χ4n) is 1.42. The Bertz CT molecular complexity index is 492. The first-order valence-corrected chi connectivity index (χ1v) is 6.25. The van der Waals surface area contributed by atoms with Crippen LogP contribution < -0.4 is 10.6 Å². The molecule has 1 aromatic carbocycles. The first-order valence-electron chi connectivity index (χ1n) is 5.87. The number of carbonyl (C=O) groups excluding carboxylic acids is 2. The third-order valence-electron chi connectivity index (χ3n) is 2.34. The monoisotopic (exact) mass is 286 g/mol. The zero-order chi connectivity index (χ0) is 14.6. The van der Waals surface area contributed by atoms with Crippen LogP contribution in [0.25, 0.3) is 0 Å². The summed E-state index contributed by atoms with van der Waals surface area (Å²) in [6, 6.07) is 2.89. The maximum absolute atomic E-state index is 13.5. The summed E-state index contributed by atoms with van der Waals surface area (Å²) in [4.78, 5) is 23.5. The van der Waals surface area contributed by atoms with Crippen molar-refractivity contribution in [2.75, 3.05) is 0 Å². The number of hydrogen-bond acceptors (Lipinski definition) is 2. The van der Waals surface area contributed by atoms with Gasteiger partial charge in [0.1, 0.15) is 11.9 Å². The van der Waals surface area contributed by atoms with E-state index in [1.807, 2.05) is 13.8 Å². The Balaban J connectivity index is 2.74. The minimum Gasteiger partial charge on any atom is -0.352 e. The molecule has 0 aliphatic heterocycles. The van der Waals surface area contributed by atoms with Crippen molar-refractivity contribution in [1.29, 1.82) is 0 Å². The highest BCUT2D eigenvalue weighted by atomic mass is 35.5. The minimum atomic E-state index is -0.756. The molecular formula is C13H16ClFN2O2. The molecule has 0 radical (unpaired) electrons. The number of benzene rings is 1. The Morgan fingerprint density at radius 3 is 2.42 bits per heavy atom. The average Bonchev–Trinajstić information content (AvgIpc) is 2.31. The molecule has 0 fully saturated rings. The van der Waals surface area contributed by atoms with E-state index in [2.05, 4.69) is 10.6 Å². The van der Waals surface area contributed by atoms with Crippen LogP contribution >= 0.6 is 11.6 Å². The Labute approximate surface area is 116 Å². The fraction of sp³-hybridized carbons (Fsp3) is 0.385. The molecule has 19 heavy (non-hydrogen) atoms. The Morgan fingerprint density at radius 2 is 1.84 bits per heavy atom. The number of nitrogens with one attached hydrogen (secondary N) is 2. The molecule has 0 spiro atoms. The van der Waals surface area contributed by atoms with E-state index in [1.165, 1.54) is 19.1 Å². The van der Waals surface area contributed by atoms with Crippen LogP contribution in [0.2, 0.25) is 5.02 Å². The fourth-order valence-corrected chi connectivity index (χ4v) is 1.59. The Kier molecular flexibility index (Phi) is 5.30. The molecule has 0 bridgehead atoms. The van der Waals surface area contributed by atoms with E-state index in [0.29, 0.717) is 0 Å². The van der Waals surface area contributed by atoms with Crippen molar-refractivity contribution in [3.05, 3.63) is 34.6 Å². The van der Waals surface area contributed by atoms with E-state index >= 15 is 0 Å². The van der Waals surface area contributed by atoms with Crippen LogP contribution in [0.15, 0.2) is 18.2 Å². The molecule has 2 N–H and O–H groups in total. The number of rotatable bonds is 4. The van der Waals surface area contributed by atoms with Crippen LogP contribution in [-0.2, 0) is 4.79 Å². The molecule has 0 heterocycles. The summed E-state index contributed by atoms with van der Waals surface area (Å²) in [5.41, 5.74) is -0.184. The van der Waals surface area contributed by atoms with E-state index < -0.39 is 17.8 Å². The highest BCUT2D eigenvalue weighted by Crippen LogP contribution is 2.14. The molecule has 0 aromatic heterocycles. The summed E-state index contributed by atoms with van der Waals surface area (Å²) in [6.07, 6.45) is 0. The lowest BCUT2D eigenvalue weighted by Crippen LogP contribution is -2.46. The lowest BCUT2D eigenvalue weighted by Gasteiger charge is -2.16. The van der Waals surface area contributed by atoms with Gasteiger partial charge in [-0.15, -0.1) is 0 Å². The summed E-state index contributed by atoms with van der Waals surface area (Å²) in [7, 11) is 0. The number of halogens is 2. The van der Waals surface area contributed by atoms with Crippen LogP contribution in [0.4, 0.5) is 4.39 Å². The van der Waals surface area contributed by atoms with Gasteiger partial charge in [-0.3, -0.25) is 9.59 Å². The largest absolute Gasteiger partial charge is 0.352 e.